The van der Waals surface area contributed by atoms with Crippen LogP contribution < -0.4 is 10.6 Å². The molecule has 2 N–H and O–H groups in total. The van der Waals surface area contributed by atoms with Crippen molar-refractivity contribution in [3.63, 3.8) is 0 Å². The summed E-state index contributed by atoms with van der Waals surface area (Å²) in [4.78, 5) is 33.4. The van der Waals surface area contributed by atoms with Crippen LogP contribution in [0.5, 0.6) is 0 Å². The number of hydrogen-bond acceptors (Lipinski definition) is 5. The average Bonchev–Trinajstić information content (AvgIpc) is 2.61. The number of anilines is 1. The minimum atomic E-state index is -0.198. The van der Waals surface area contributed by atoms with Gasteiger partial charge in [0.05, 0.1) is 11.3 Å². The predicted molar refractivity (Wildman–Crippen MR) is 105 cm³/mol. The zero-order valence-electron chi connectivity index (χ0n) is 15.5. The second-order valence-corrected chi connectivity index (χ2v) is 6.59. The van der Waals surface area contributed by atoms with Gasteiger partial charge in [-0.3, -0.25) is 9.59 Å². The van der Waals surface area contributed by atoms with Crippen LogP contribution in [0.2, 0.25) is 0 Å². The number of thioether (sulfide) groups is 1. The zero-order valence-corrected chi connectivity index (χ0v) is 16.4. The fourth-order valence-corrected chi connectivity index (χ4v) is 3.12. The van der Waals surface area contributed by atoms with E-state index < -0.39 is 0 Å². The number of aryl methyl sites for hydroxylation is 2. The maximum atomic E-state index is 12.4. The Hall–Kier alpha value is -2.41. The molecule has 0 aliphatic rings. The first-order valence-corrected chi connectivity index (χ1v) is 9.73. The van der Waals surface area contributed by atoms with Gasteiger partial charge in [0.15, 0.2) is 5.16 Å². The van der Waals surface area contributed by atoms with Gasteiger partial charge < -0.3 is 10.6 Å². The summed E-state index contributed by atoms with van der Waals surface area (Å²) in [5, 5.41) is 6.33. The molecular formula is C19H24N4O2S. The second kappa shape index (κ2) is 9.33. The molecule has 1 aromatic heterocycles. The lowest BCUT2D eigenvalue weighted by molar-refractivity contribution is -0.116. The summed E-state index contributed by atoms with van der Waals surface area (Å²) in [5.74, 6) is -0.342. The molecule has 0 spiro atoms. The van der Waals surface area contributed by atoms with E-state index in [9.17, 15) is 9.59 Å². The fraction of sp³-hybridized carbons (Fsp3) is 0.368. The van der Waals surface area contributed by atoms with Crippen molar-refractivity contribution in [3.05, 3.63) is 46.8 Å². The molecule has 0 saturated carbocycles. The summed E-state index contributed by atoms with van der Waals surface area (Å²) >= 11 is 1.50. The summed E-state index contributed by atoms with van der Waals surface area (Å²) in [6.07, 6.45) is 2.79. The van der Waals surface area contributed by atoms with Crippen molar-refractivity contribution < 1.29 is 9.59 Å². The van der Waals surface area contributed by atoms with E-state index in [1.54, 1.807) is 24.3 Å². The highest BCUT2D eigenvalue weighted by atomic mass is 32.2. The van der Waals surface area contributed by atoms with Gasteiger partial charge in [-0.05, 0) is 51.1 Å². The number of hydrogen-bond donors (Lipinski definition) is 2. The van der Waals surface area contributed by atoms with E-state index in [0.29, 0.717) is 30.6 Å². The Labute approximate surface area is 158 Å². The number of carbonyl (C=O) groups excluding carboxylic acids is 2. The van der Waals surface area contributed by atoms with Gasteiger partial charge in [-0.1, -0.05) is 23.9 Å². The van der Waals surface area contributed by atoms with Crippen molar-refractivity contribution in [1.82, 2.24) is 15.3 Å². The minimum Gasteiger partial charge on any atom is -0.352 e. The largest absolute Gasteiger partial charge is 0.352 e. The van der Waals surface area contributed by atoms with Gasteiger partial charge >= 0.3 is 0 Å². The Morgan fingerprint density at radius 1 is 1.12 bits per heavy atom. The number of amides is 2. The average molecular weight is 372 g/mol. The number of para-hydroxylation sites is 1. The highest BCUT2D eigenvalue weighted by Crippen LogP contribution is 2.19. The summed E-state index contributed by atoms with van der Waals surface area (Å²) in [5.41, 5.74) is 3.78. The molecule has 138 valence electrons. The molecule has 0 aliphatic carbocycles. The van der Waals surface area contributed by atoms with Crippen molar-refractivity contribution in [3.8, 4) is 0 Å². The summed E-state index contributed by atoms with van der Waals surface area (Å²) in [6, 6.07) is 7.00. The highest BCUT2D eigenvalue weighted by Gasteiger charge is 2.14. The molecule has 0 bridgehead atoms. The van der Waals surface area contributed by atoms with Crippen LogP contribution in [0.3, 0.4) is 0 Å². The van der Waals surface area contributed by atoms with Crippen molar-refractivity contribution in [2.45, 2.75) is 38.8 Å². The van der Waals surface area contributed by atoms with E-state index in [1.807, 2.05) is 27.0 Å². The molecule has 6 nitrogen and oxygen atoms in total. The number of nitrogens with zero attached hydrogens (tertiary/aromatic N) is 2. The van der Waals surface area contributed by atoms with E-state index >= 15 is 0 Å². The third kappa shape index (κ3) is 5.05. The summed E-state index contributed by atoms with van der Waals surface area (Å²) < 4.78 is 0. The number of rotatable bonds is 7. The molecule has 0 aliphatic heterocycles. The molecule has 2 aromatic rings. The molecule has 26 heavy (non-hydrogen) atoms. The smallest absolute Gasteiger partial charge is 0.253 e. The SMILES string of the molecule is CCNC(=O)c1ccccc1NC(=O)CCc1c(C)nc(SC)nc1C. The Bertz CT molecular complexity index is 785. The van der Waals surface area contributed by atoms with Gasteiger partial charge in [0.2, 0.25) is 5.91 Å². The molecule has 2 rings (SSSR count). The maximum Gasteiger partial charge on any atom is 0.253 e. The predicted octanol–water partition coefficient (Wildman–Crippen LogP) is 3.14. The Morgan fingerprint density at radius 2 is 1.77 bits per heavy atom. The molecule has 1 aromatic carbocycles. The van der Waals surface area contributed by atoms with E-state index in [0.717, 1.165) is 22.1 Å². The summed E-state index contributed by atoms with van der Waals surface area (Å²) in [7, 11) is 0. The lowest BCUT2D eigenvalue weighted by atomic mass is 10.1. The Kier molecular flexibility index (Phi) is 7.15. The van der Waals surface area contributed by atoms with Crippen LogP contribution in [-0.2, 0) is 11.2 Å². The monoisotopic (exact) mass is 372 g/mol. The van der Waals surface area contributed by atoms with Crippen molar-refractivity contribution >= 4 is 29.3 Å². The number of benzene rings is 1. The van der Waals surface area contributed by atoms with Crippen molar-refractivity contribution in [2.75, 3.05) is 18.1 Å². The highest BCUT2D eigenvalue weighted by molar-refractivity contribution is 7.98. The Morgan fingerprint density at radius 3 is 2.38 bits per heavy atom. The molecule has 0 radical (unpaired) electrons. The van der Waals surface area contributed by atoms with Crippen LogP contribution in [0.1, 0.15) is 40.7 Å². The lowest BCUT2D eigenvalue weighted by Crippen LogP contribution is -2.24. The van der Waals surface area contributed by atoms with Gasteiger partial charge in [0, 0.05) is 24.4 Å². The summed E-state index contributed by atoms with van der Waals surface area (Å²) in [6.45, 7) is 6.26. The van der Waals surface area contributed by atoms with E-state index in [2.05, 4.69) is 20.6 Å². The van der Waals surface area contributed by atoms with Gasteiger partial charge in [0.25, 0.3) is 5.91 Å². The second-order valence-electron chi connectivity index (χ2n) is 5.81. The molecular weight excluding hydrogens is 348 g/mol. The van der Waals surface area contributed by atoms with Crippen LogP contribution in [0.15, 0.2) is 29.4 Å². The first-order valence-electron chi connectivity index (χ1n) is 8.51. The van der Waals surface area contributed by atoms with E-state index in [1.165, 1.54) is 11.8 Å². The normalized spacial score (nSPS) is 10.5. The third-order valence-electron chi connectivity index (χ3n) is 3.97. The van der Waals surface area contributed by atoms with E-state index in [-0.39, 0.29) is 11.8 Å². The molecule has 1 heterocycles. The van der Waals surface area contributed by atoms with Gasteiger partial charge in [0.1, 0.15) is 0 Å². The third-order valence-corrected chi connectivity index (χ3v) is 4.52. The zero-order chi connectivity index (χ0) is 19.1. The van der Waals surface area contributed by atoms with Crippen molar-refractivity contribution in [1.29, 1.82) is 0 Å². The molecule has 0 fully saturated rings. The van der Waals surface area contributed by atoms with Crippen LogP contribution >= 0.6 is 11.8 Å². The van der Waals surface area contributed by atoms with Crippen LogP contribution in [0.4, 0.5) is 5.69 Å². The van der Waals surface area contributed by atoms with E-state index in [4.69, 9.17) is 0 Å². The lowest BCUT2D eigenvalue weighted by Gasteiger charge is -2.12. The van der Waals surface area contributed by atoms with Crippen LogP contribution in [0, 0.1) is 13.8 Å². The molecule has 0 atom stereocenters. The van der Waals surface area contributed by atoms with Crippen LogP contribution in [0.25, 0.3) is 0 Å². The number of aromatic nitrogens is 2. The maximum absolute atomic E-state index is 12.4. The fourth-order valence-electron chi connectivity index (χ4n) is 2.66. The molecule has 0 unspecified atom stereocenters. The standard InChI is InChI=1S/C19H24N4O2S/c1-5-20-18(25)15-8-6-7-9-16(15)23-17(24)11-10-14-12(2)21-19(26-4)22-13(14)3/h6-9H,5,10-11H2,1-4H3,(H,20,25)(H,23,24). The number of nitrogens with one attached hydrogen (secondary N) is 2. The molecule has 0 saturated heterocycles. The minimum absolute atomic E-state index is 0.144. The van der Waals surface area contributed by atoms with Gasteiger partial charge in [-0.25, -0.2) is 9.97 Å². The van der Waals surface area contributed by atoms with Gasteiger partial charge in [-0.2, -0.15) is 0 Å². The molecule has 7 heteroatoms. The molecule has 2 amide bonds. The number of carbonyl (C=O) groups is 2. The van der Waals surface area contributed by atoms with Gasteiger partial charge in [-0.15, -0.1) is 0 Å². The quantitative estimate of drug-likeness (QED) is 0.576. The van der Waals surface area contributed by atoms with Crippen LogP contribution in [-0.4, -0.2) is 34.6 Å². The first-order chi connectivity index (χ1) is 12.5. The Balaban J connectivity index is 2.06. The van der Waals surface area contributed by atoms with Crippen molar-refractivity contribution in [2.24, 2.45) is 0 Å². The first kappa shape index (κ1) is 19.9. The topological polar surface area (TPSA) is 84.0 Å².